The van der Waals surface area contributed by atoms with E-state index in [1.54, 1.807) is 12.1 Å². The maximum Gasteiger partial charge on any atom is 0.222 e. The molecule has 1 amide bonds. The summed E-state index contributed by atoms with van der Waals surface area (Å²) in [4.78, 5) is 17.5. The Bertz CT molecular complexity index is 707. The minimum atomic E-state index is -0.114. The standard InChI is InChI=1S/C25H37FN2O2/c1-25(12-13-25)11-8-24(29)28(19-22-6-4-16-30-22)17-20-9-14-27(15-10-20)18-21-5-2-3-7-23(21)26/h2-3,5,7,20,22H,4,6,8-19H2,1H3/t22-/m0/s1. The molecule has 1 aromatic carbocycles. The number of piperidine rings is 1. The van der Waals surface area contributed by atoms with E-state index in [1.165, 1.54) is 12.8 Å². The molecule has 4 nitrogen and oxygen atoms in total. The number of hydrogen-bond acceptors (Lipinski definition) is 3. The monoisotopic (exact) mass is 416 g/mol. The van der Waals surface area contributed by atoms with Crippen LogP contribution in [0.15, 0.2) is 24.3 Å². The minimum Gasteiger partial charge on any atom is -0.376 e. The fourth-order valence-corrected chi connectivity index (χ4v) is 4.85. The third kappa shape index (κ3) is 6.04. The van der Waals surface area contributed by atoms with Crippen molar-refractivity contribution in [3.05, 3.63) is 35.6 Å². The highest BCUT2D eigenvalue weighted by Crippen LogP contribution is 2.49. The van der Waals surface area contributed by atoms with Crippen molar-refractivity contribution in [3.8, 4) is 0 Å². The van der Waals surface area contributed by atoms with Gasteiger partial charge in [0.05, 0.1) is 6.10 Å². The predicted octanol–water partition coefficient (Wildman–Crippen LogP) is 4.63. The highest BCUT2D eigenvalue weighted by atomic mass is 19.1. The van der Waals surface area contributed by atoms with Crippen LogP contribution in [-0.4, -0.2) is 54.6 Å². The Hall–Kier alpha value is -1.46. The van der Waals surface area contributed by atoms with Crippen molar-refractivity contribution in [2.45, 2.75) is 70.9 Å². The van der Waals surface area contributed by atoms with Gasteiger partial charge in [-0.3, -0.25) is 9.69 Å². The van der Waals surface area contributed by atoms with E-state index < -0.39 is 0 Å². The number of halogens is 1. The summed E-state index contributed by atoms with van der Waals surface area (Å²) in [7, 11) is 0. The minimum absolute atomic E-state index is 0.114. The van der Waals surface area contributed by atoms with Crippen molar-refractivity contribution < 1.29 is 13.9 Å². The lowest BCUT2D eigenvalue weighted by atomic mass is 9.95. The quantitative estimate of drug-likeness (QED) is 0.589. The Morgan fingerprint density at radius 3 is 2.63 bits per heavy atom. The Labute approximate surface area is 180 Å². The first-order valence-corrected chi connectivity index (χ1v) is 11.9. The lowest BCUT2D eigenvalue weighted by Gasteiger charge is -2.36. The molecule has 2 saturated heterocycles. The second kappa shape index (κ2) is 9.78. The summed E-state index contributed by atoms with van der Waals surface area (Å²) in [5.41, 5.74) is 1.20. The molecule has 2 aliphatic heterocycles. The fraction of sp³-hybridized carbons (Fsp3) is 0.720. The Morgan fingerprint density at radius 2 is 1.97 bits per heavy atom. The Balaban J connectivity index is 1.27. The van der Waals surface area contributed by atoms with Gasteiger partial charge >= 0.3 is 0 Å². The topological polar surface area (TPSA) is 32.8 Å². The average molecular weight is 417 g/mol. The maximum atomic E-state index is 14.0. The molecule has 0 radical (unpaired) electrons. The SMILES string of the molecule is CC1(CCC(=O)N(CC2CCN(Cc3ccccc3F)CC2)C[C@@H]2CCCO2)CC1. The Morgan fingerprint density at radius 1 is 1.20 bits per heavy atom. The van der Waals surface area contributed by atoms with Gasteiger partial charge in [-0.15, -0.1) is 0 Å². The van der Waals surface area contributed by atoms with Gasteiger partial charge in [-0.1, -0.05) is 25.1 Å². The first-order valence-electron chi connectivity index (χ1n) is 11.9. The van der Waals surface area contributed by atoms with Crippen LogP contribution in [0.5, 0.6) is 0 Å². The van der Waals surface area contributed by atoms with Crippen LogP contribution in [0.1, 0.15) is 63.9 Å². The summed E-state index contributed by atoms with van der Waals surface area (Å²) in [6.07, 6.45) is 8.78. The van der Waals surface area contributed by atoms with E-state index in [0.717, 1.165) is 70.5 Å². The van der Waals surface area contributed by atoms with Crippen molar-refractivity contribution in [1.29, 1.82) is 0 Å². The molecule has 2 heterocycles. The van der Waals surface area contributed by atoms with E-state index in [9.17, 15) is 9.18 Å². The molecule has 1 aliphatic carbocycles. The number of nitrogens with zero attached hydrogens (tertiary/aromatic N) is 2. The van der Waals surface area contributed by atoms with Gasteiger partial charge in [0, 0.05) is 38.2 Å². The van der Waals surface area contributed by atoms with Crippen molar-refractivity contribution in [1.82, 2.24) is 9.80 Å². The summed E-state index contributed by atoms with van der Waals surface area (Å²) >= 11 is 0. The van der Waals surface area contributed by atoms with E-state index >= 15 is 0 Å². The number of ether oxygens (including phenoxy) is 1. The summed E-state index contributed by atoms with van der Waals surface area (Å²) in [6.45, 7) is 7.36. The smallest absolute Gasteiger partial charge is 0.222 e. The molecule has 1 saturated carbocycles. The third-order valence-corrected chi connectivity index (χ3v) is 7.38. The first kappa shape index (κ1) is 21.8. The molecular formula is C25H37FN2O2. The van der Waals surface area contributed by atoms with Gasteiger partial charge in [0.15, 0.2) is 0 Å². The number of carbonyl (C=O) groups is 1. The molecule has 1 aromatic rings. The largest absolute Gasteiger partial charge is 0.376 e. The van der Waals surface area contributed by atoms with Crippen LogP contribution in [0.4, 0.5) is 4.39 Å². The van der Waals surface area contributed by atoms with E-state index in [2.05, 4.69) is 16.7 Å². The molecule has 0 bridgehead atoms. The third-order valence-electron chi connectivity index (χ3n) is 7.38. The van der Waals surface area contributed by atoms with Gasteiger partial charge < -0.3 is 9.64 Å². The van der Waals surface area contributed by atoms with Crippen LogP contribution < -0.4 is 0 Å². The lowest BCUT2D eigenvalue weighted by Crippen LogP contribution is -2.43. The van der Waals surface area contributed by atoms with Crippen molar-refractivity contribution in [2.75, 3.05) is 32.8 Å². The number of rotatable bonds is 9. The van der Waals surface area contributed by atoms with E-state index in [4.69, 9.17) is 4.74 Å². The first-order chi connectivity index (χ1) is 14.5. The lowest BCUT2D eigenvalue weighted by molar-refractivity contribution is -0.134. The molecule has 0 N–H and O–H groups in total. The number of likely N-dealkylation sites (tertiary alicyclic amines) is 1. The van der Waals surface area contributed by atoms with Crippen LogP contribution in [0, 0.1) is 17.2 Å². The molecule has 166 valence electrons. The zero-order chi connectivity index (χ0) is 21.0. The molecule has 0 unspecified atom stereocenters. The zero-order valence-electron chi connectivity index (χ0n) is 18.5. The molecule has 0 aromatic heterocycles. The van der Waals surface area contributed by atoms with Gasteiger partial charge in [0.1, 0.15) is 5.82 Å². The molecule has 3 fully saturated rings. The molecule has 0 spiro atoms. The molecule has 4 rings (SSSR count). The van der Waals surface area contributed by atoms with Crippen molar-refractivity contribution in [3.63, 3.8) is 0 Å². The second-order valence-corrected chi connectivity index (χ2v) is 10.1. The van der Waals surface area contributed by atoms with E-state index in [1.807, 2.05) is 12.1 Å². The van der Waals surface area contributed by atoms with Crippen LogP contribution in [0.2, 0.25) is 0 Å². The summed E-state index contributed by atoms with van der Waals surface area (Å²) < 4.78 is 19.8. The van der Waals surface area contributed by atoms with Crippen LogP contribution in [-0.2, 0) is 16.1 Å². The number of carbonyl (C=O) groups excluding carboxylic acids is 1. The van der Waals surface area contributed by atoms with Gasteiger partial charge in [-0.2, -0.15) is 0 Å². The van der Waals surface area contributed by atoms with Gasteiger partial charge in [0.2, 0.25) is 5.91 Å². The number of benzene rings is 1. The Kier molecular flexibility index (Phi) is 7.09. The van der Waals surface area contributed by atoms with Crippen molar-refractivity contribution in [2.24, 2.45) is 11.3 Å². The fourth-order valence-electron chi connectivity index (χ4n) is 4.85. The van der Waals surface area contributed by atoms with Gasteiger partial charge in [-0.05, 0) is 75.4 Å². The highest BCUT2D eigenvalue weighted by Gasteiger charge is 2.37. The summed E-state index contributed by atoms with van der Waals surface area (Å²) in [5.74, 6) is 0.730. The van der Waals surface area contributed by atoms with E-state index in [-0.39, 0.29) is 11.9 Å². The van der Waals surface area contributed by atoms with Crippen molar-refractivity contribution >= 4 is 5.91 Å². The zero-order valence-corrected chi connectivity index (χ0v) is 18.5. The van der Waals surface area contributed by atoms with Gasteiger partial charge in [0.25, 0.3) is 0 Å². The molecule has 5 heteroatoms. The van der Waals surface area contributed by atoms with Gasteiger partial charge in [-0.25, -0.2) is 4.39 Å². The summed E-state index contributed by atoms with van der Waals surface area (Å²) in [6, 6.07) is 7.07. The number of hydrogen-bond donors (Lipinski definition) is 0. The average Bonchev–Trinajstić information content (AvgIpc) is 3.26. The normalized spacial score (nSPS) is 24.1. The van der Waals surface area contributed by atoms with E-state index in [0.29, 0.717) is 30.2 Å². The molecular weight excluding hydrogens is 379 g/mol. The highest BCUT2D eigenvalue weighted by molar-refractivity contribution is 5.76. The summed E-state index contributed by atoms with van der Waals surface area (Å²) in [5, 5.41) is 0. The second-order valence-electron chi connectivity index (χ2n) is 10.1. The predicted molar refractivity (Wildman–Crippen MR) is 117 cm³/mol. The molecule has 3 aliphatic rings. The number of amides is 1. The van der Waals surface area contributed by atoms with Crippen LogP contribution in [0.3, 0.4) is 0 Å². The molecule has 30 heavy (non-hydrogen) atoms. The van der Waals surface area contributed by atoms with Crippen LogP contribution >= 0.6 is 0 Å². The molecule has 1 atom stereocenters. The maximum absolute atomic E-state index is 14.0. The van der Waals surface area contributed by atoms with Crippen LogP contribution in [0.25, 0.3) is 0 Å².